The van der Waals surface area contributed by atoms with Crippen molar-refractivity contribution < 1.29 is 0 Å². The van der Waals surface area contributed by atoms with Gasteiger partial charge in [-0.2, -0.15) is 0 Å². The molecule has 1 atom stereocenters. The van der Waals surface area contributed by atoms with Crippen LogP contribution in [0.15, 0.2) is 24.3 Å². The van der Waals surface area contributed by atoms with E-state index in [9.17, 15) is 0 Å². The molecule has 0 saturated heterocycles. The zero-order valence-electron chi connectivity index (χ0n) is 6.97. The predicted molar refractivity (Wildman–Crippen MR) is 58.4 cm³/mol. The Morgan fingerprint density at radius 2 is 2.09 bits per heavy atom. The molecule has 0 spiro atoms. The van der Waals surface area contributed by atoms with Crippen molar-refractivity contribution in [2.24, 2.45) is 0 Å². The third-order valence-corrected chi connectivity index (χ3v) is 7.86. The van der Waals surface area contributed by atoms with E-state index < -0.39 is 19.8 Å². The van der Waals surface area contributed by atoms with Crippen LogP contribution in [0, 0.1) is 3.57 Å². The SMILES string of the molecule is CC1CI(C)c2ccccc21. The van der Waals surface area contributed by atoms with E-state index >= 15 is 0 Å². The van der Waals surface area contributed by atoms with Crippen molar-refractivity contribution >= 4 is 19.8 Å². The topological polar surface area (TPSA) is 0 Å². The van der Waals surface area contributed by atoms with Crippen LogP contribution >= 0.6 is 19.8 Å². The third kappa shape index (κ3) is 1.19. The molecule has 60 valence electrons. The van der Waals surface area contributed by atoms with E-state index in [1.54, 1.807) is 9.13 Å². The molecule has 1 heterocycles. The molecule has 0 amide bonds. The molecule has 11 heavy (non-hydrogen) atoms. The first kappa shape index (κ1) is 7.59. The average molecular weight is 260 g/mol. The summed E-state index contributed by atoms with van der Waals surface area (Å²) in [5.41, 5.74) is 1.64. The van der Waals surface area contributed by atoms with Crippen LogP contribution in [0.2, 0.25) is 0 Å². The molecule has 0 aromatic heterocycles. The monoisotopic (exact) mass is 260 g/mol. The first-order chi connectivity index (χ1) is 5.29. The first-order valence-corrected chi connectivity index (χ1v) is 8.70. The number of fused-ring (bicyclic) bond motifs is 1. The Morgan fingerprint density at radius 1 is 1.36 bits per heavy atom. The molecule has 1 aliphatic rings. The third-order valence-electron chi connectivity index (χ3n) is 2.25. The van der Waals surface area contributed by atoms with Gasteiger partial charge >= 0.3 is 75.4 Å². The Kier molecular flexibility index (Phi) is 1.91. The Bertz CT molecular complexity index is 240. The molecule has 0 bridgehead atoms. The van der Waals surface area contributed by atoms with Gasteiger partial charge in [0.2, 0.25) is 0 Å². The van der Waals surface area contributed by atoms with Crippen molar-refractivity contribution in [3.8, 4) is 0 Å². The van der Waals surface area contributed by atoms with Crippen LogP contribution in [0.4, 0.5) is 0 Å². The van der Waals surface area contributed by atoms with Gasteiger partial charge in [0.15, 0.2) is 0 Å². The van der Waals surface area contributed by atoms with Gasteiger partial charge in [0.25, 0.3) is 0 Å². The molecule has 0 radical (unpaired) electrons. The zero-order chi connectivity index (χ0) is 7.84. The standard InChI is InChI=1S/C10H13I/c1-8-7-11(2)10-6-4-3-5-9(8)10/h3-6,8H,7H2,1-2H3. The minimum absolute atomic E-state index is 0.669. The molecule has 2 rings (SSSR count). The molecule has 1 unspecified atom stereocenters. The van der Waals surface area contributed by atoms with E-state index in [1.165, 1.54) is 4.43 Å². The fourth-order valence-electron chi connectivity index (χ4n) is 1.68. The normalized spacial score (nSPS) is 25.3. The van der Waals surface area contributed by atoms with E-state index in [1.807, 2.05) is 0 Å². The molecule has 0 N–H and O–H groups in total. The summed E-state index contributed by atoms with van der Waals surface area (Å²) in [6.45, 7) is 2.36. The van der Waals surface area contributed by atoms with Crippen LogP contribution in [0.5, 0.6) is 0 Å². The Labute approximate surface area is 75.4 Å². The van der Waals surface area contributed by atoms with Gasteiger partial charge in [-0.25, -0.2) is 0 Å². The number of hydrogen-bond donors (Lipinski definition) is 0. The Hall–Kier alpha value is -0.0500. The van der Waals surface area contributed by atoms with Crippen LogP contribution in [0.25, 0.3) is 0 Å². The second-order valence-corrected chi connectivity index (χ2v) is 8.58. The molecule has 1 aromatic rings. The van der Waals surface area contributed by atoms with Crippen molar-refractivity contribution in [2.45, 2.75) is 12.8 Å². The summed E-state index contributed by atoms with van der Waals surface area (Å²) >= 11 is -0.669. The average Bonchev–Trinajstić information content (AvgIpc) is 2.30. The summed E-state index contributed by atoms with van der Waals surface area (Å²) in [6.07, 6.45) is 0. The number of halogens is 1. The maximum atomic E-state index is 2.48. The number of benzene rings is 1. The van der Waals surface area contributed by atoms with Gasteiger partial charge in [-0.05, 0) is 0 Å². The van der Waals surface area contributed by atoms with Crippen LogP contribution in [-0.2, 0) is 0 Å². The van der Waals surface area contributed by atoms with Crippen molar-refractivity contribution in [1.82, 2.24) is 0 Å². The van der Waals surface area contributed by atoms with E-state index in [0.29, 0.717) is 0 Å². The van der Waals surface area contributed by atoms with E-state index in [2.05, 4.69) is 36.1 Å². The van der Waals surface area contributed by atoms with Crippen molar-refractivity contribution in [3.05, 3.63) is 33.4 Å². The molecule has 0 nitrogen and oxygen atoms in total. The summed E-state index contributed by atoms with van der Waals surface area (Å²) in [4.78, 5) is 2.48. The molecule has 0 saturated carbocycles. The summed E-state index contributed by atoms with van der Waals surface area (Å²) in [7, 11) is 0. The maximum absolute atomic E-state index is 2.48. The quantitative estimate of drug-likeness (QED) is 0.496. The molecular weight excluding hydrogens is 247 g/mol. The molecule has 0 fully saturated rings. The number of alkyl halides is 2. The fourth-order valence-corrected chi connectivity index (χ4v) is 7.21. The predicted octanol–water partition coefficient (Wildman–Crippen LogP) is 3.11. The van der Waals surface area contributed by atoms with Gasteiger partial charge in [-0.1, -0.05) is 0 Å². The number of rotatable bonds is 0. The summed E-state index contributed by atoms with van der Waals surface area (Å²) in [5, 5.41) is 0. The van der Waals surface area contributed by atoms with Crippen LogP contribution in [0.1, 0.15) is 18.4 Å². The summed E-state index contributed by atoms with van der Waals surface area (Å²) in [5.74, 6) is 0.849. The molecule has 1 aromatic carbocycles. The molecule has 1 aliphatic heterocycles. The second kappa shape index (κ2) is 2.77. The fraction of sp³-hybridized carbons (Fsp3) is 0.400. The van der Waals surface area contributed by atoms with Crippen LogP contribution in [0.3, 0.4) is 0 Å². The second-order valence-electron chi connectivity index (χ2n) is 3.17. The van der Waals surface area contributed by atoms with Gasteiger partial charge < -0.3 is 0 Å². The molecular formula is C10H13I. The van der Waals surface area contributed by atoms with Gasteiger partial charge in [-0.3, -0.25) is 0 Å². The van der Waals surface area contributed by atoms with E-state index in [0.717, 1.165) is 5.92 Å². The summed E-state index contributed by atoms with van der Waals surface area (Å²) in [6, 6.07) is 9.00. The zero-order valence-corrected chi connectivity index (χ0v) is 9.13. The van der Waals surface area contributed by atoms with Gasteiger partial charge in [0.05, 0.1) is 0 Å². The van der Waals surface area contributed by atoms with Crippen molar-refractivity contribution in [2.75, 3.05) is 9.36 Å². The Balaban J connectivity index is 2.52. The van der Waals surface area contributed by atoms with Crippen molar-refractivity contribution in [1.29, 1.82) is 0 Å². The summed E-state index contributed by atoms with van der Waals surface area (Å²) < 4.78 is 3.22. The minimum atomic E-state index is -0.669. The molecule has 0 aliphatic carbocycles. The van der Waals surface area contributed by atoms with Crippen LogP contribution in [-0.4, -0.2) is 9.36 Å². The van der Waals surface area contributed by atoms with Crippen molar-refractivity contribution in [3.63, 3.8) is 0 Å². The Morgan fingerprint density at radius 3 is 2.82 bits per heavy atom. The van der Waals surface area contributed by atoms with Gasteiger partial charge in [0, 0.05) is 0 Å². The first-order valence-electron chi connectivity index (χ1n) is 3.94. The number of hydrogen-bond acceptors (Lipinski definition) is 0. The van der Waals surface area contributed by atoms with E-state index in [4.69, 9.17) is 0 Å². The van der Waals surface area contributed by atoms with Gasteiger partial charge in [-0.15, -0.1) is 0 Å². The molecule has 1 heteroatoms. The van der Waals surface area contributed by atoms with Crippen LogP contribution < -0.4 is 0 Å². The van der Waals surface area contributed by atoms with E-state index in [-0.39, 0.29) is 0 Å². The van der Waals surface area contributed by atoms with Gasteiger partial charge in [0.1, 0.15) is 0 Å².